The number of pyridine rings is 1. The highest BCUT2D eigenvalue weighted by Crippen LogP contribution is 2.39. The van der Waals surface area contributed by atoms with Gasteiger partial charge in [-0.1, -0.05) is 25.4 Å². The first kappa shape index (κ1) is 18.9. The zero-order chi connectivity index (χ0) is 18.8. The molecular formula is C19H21ClN2O3S. The van der Waals surface area contributed by atoms with Crippen LogP contribution in [0.1, 0.15) is 39.3 Å². The average Bonchev–Trinajstić information content (AvgIpc) is 3.07. The van der Waals surface area contributed by atoms with E-state index in [0.717, 1.165) is 21.8 Å². The van der Waals surface area contributed by atoms with Crippen molar-refractivity contribution >= 4 is 33.8 Å². The summed E-state index contributed by atoms with van der Waals surface area (Å²) in [6, 6.07) is 5.52. The first-order valence-electron chi connectivity index (χ1n) is 8.37. The molecule has 0 unspecified atom stereocenters. The molecule has 2 aromatic heterocycles. The summed E-state index contributed by atoms with van der Waals surface area (Å²) in [6.45, 7) is 8.20. The molecule has 3 rings (SSSR count). The Morgan fingerprint density at radius 1 is 1.08 bits per heavy atom. The molecule has 26 heavy (non-hydrogen) atoms. The number of aromatic nitrogens is 2. The van der Waals surface area contributed by atoms with Crippen molar-refractivity contribution in [2.75, 3.05) is 7.11 Å². The van der Waals surface area contributed by atoms with Gasteiger partial charge in [-0.05, 0) is 31.9 Å². The summed E-state index contributed by atoms with van der Waals surface area (Å²) < 4.78 is 6.00. The summed E-state index contributed by atoms with van der Waals surface area (Å²) in [5, 5.41) is 4.08. The van der Waals surface area contributed by atoms with Gasteiger partial charge in [0.25, 0.3) is 0 Å². The molecule has 1 aromatic carbocycles. The number of thiazole rings is 1. The van der Waals surface area contributed by atoms with E-state index in [1.54, 1.807) is 17.4 Å². The van der Waals surface area contributed by atoms with Gasteiger partial charge in [-0.25, -0.2) is 9.97 Å². The van der Waals surface area contributed by atoms with Gasteiger partial charge in [0, 0.05) is 16.8 Å². The molecule has 5 nitrogen and oxygen atoms in total. The number of hydrogen-bond acceptors (Lipinski definition) is 6. The molecule has 0 aliphatic rings. The smallest absolute Gasteiger partial charge is 0.186 e. The molecule has 2 heterocycles. The lowest BCUT2D eigenvalue weighted by Gasteiger charge is -2.15. The van der Waals surface area contributed by atoms with Crippen molar-refractivity contribution in [3.8, 4) is 22.2 Å². The Hall–Kier alpha value is -1.89. The first-order chi connectivity index (χ1) is 12.4. The summed E-state index contributed by atoms with van der Waals surface area (Å²) >= 11 is 8.06. The zero-order valence-corrected chi connectivity index (χ0v) is 16.9. The third kappa shape index (κ3) is 3.77. The maximum absolute atomic E-state index is 6.50. The second-order valence-corrected chi connectivity index (χ2v) is 7.66. The third-order valence-electron chi connectivity index (χ3n) is 3.71. The van der Waals surface area contributed by atoms with Crippen LogP contribution in [0.5, 0.6) is 11.5 Å². The molecule has 0 radical (unpaired) electrons. The van der Waals surface area contributed by atoms with Crippen molar-refractivity contribution in [3.63, 3.8) is 0 Å². The quantitative estimate of drug-likeness (QED) is 0.388. The number of ether oxygens (including phenoxy) is 1. The van der Waals surface area contributed by atoms with Crippen LogP contribution in [-0.2, 0) is 4.89 Å². The van der Waals surface area contributed by atoms with Crippen LogP contribution in [0.25, 0.3) is 21.6 Å². The monoisotopic (exact) mass is 392 g/mol. The van der Waals surface area contributed by atoms with Gasteiger partial charge < -0.3 is 9.62 Å². The minimum Gasteiger partial charge on any atom is -0.490 e. The van der Waals surface area contributed by atoms with Gasteiger partial charge in [-0.15, -0.1) is 11.3 Å². The fourth-order valence-corrected chi connectivity index (χ4v) is 3.67. The van der Waals surface area contributed by atoms with Gasteiger partial charge in [0.15, 0.2) is 5.75 Å². The molecule has 0 aliphatic heterocycles. The van der Waals surface area contributed by atoms with Gasteiger partial charge in [0.2, 0.25) is 0 Å². The number of halogens is 1. The van der Waals surface area contributed by atoms with E-state index in [4.69, 9.17) is 36.1 Å². The number of nitrogens with zero attached hydrogens (tertiary/aromatic N) is 2. The van der Waals surface area contributed by atoms with Crippen molar-refractivity contribution < 1.29 is 14.5 Å². The standard InChI is InChI=1S/C19H21ClN2O3S/c1-10(2)14-9-26-19(22-14)13-8-16(24-11(3)4)12-6-7-15(25-23-5)17(20)18(12)21-13/h6-11H,1-5H3. The van der Waals surface area contributed by atoms with Gasteiger partial charge in [0.1, 0.15) is 21.5 Å². The van der Waals surface area contributed by atoms with Crippen molar-refractivity contribution in [2.45, 2.75) is 39.7 Å². The lowest BCUT2D eigenvalue weighted by molar-refractivity contribution is -0.177. The topological polar surface area (TPSA) is 53.5 Å². The van der Waals surface area contributed by atoms with Gasteiger partial charge in [0.05, 0.1) is 24.4 Å². The van der Waals surface area contributed by atoms with Crippen molar-refractivity contribution in [1.29, 1.82) is 0 Å². The molecule has 0 aliphatic carbocycles. The second-order valence-electron chi connectivity index (χ2n) is 6.43. The predicted molar refractivity (Wildman–Crippen MR) is 105 cm³/mol. The second kappa shape index (κ2) is 7.78. The van der Waals surface area contributed by atoms with Crippen LogP contribution in [0.4, 0.5) is 0 Å². The van der Waals surface area contributed by atoms with Crippen LogP contribution >= 0.6 is 22.9 Å². The molecule has 0 saturated heterocycles. The van der Waals surface area contributed by atoms with Crippen molar-refractivity contribution in [3.05, 3.63) is 34.3 Å². The highest BCUT2D eigenvalue weighted by Gasteiger charge is 2.18. The van der Waals surface area contributed by atoms with E-state index in [0.29, 0.717) is 28.0 Å². The van der Waals surface area contributed by atoms with E-state index in [2.05, 4.69) is 19.2 Å². The molecule has 0 spiro atoms. The molecule has 7 heteroatoms. The Kier molecular flexibility index (Phi) is 5.65. The molecule has 0 amide bonds. The summed E-state index contributed by atoms with van der Waals surface area (Å²) in [5.41, 5.74) is 2.36. The Balaban J connectivity index is 2.20. The highest BCUT2D eigenvalue weighted by atomic mass is 35.5. The van der Waals surface area contributed by atoms with E-state index in [1.165, 1.54) is 7.11 Å². The Morgan fingerprint density at radius 2 is 1.85 bits per heavy atom. The SMILES string of the molecule is COOc1ccc2c(OC(C)C)cc(-c3nc(C(C)C)cs3)nc2c1Cl. The van der Waals surface area contributed by atoms with E-state index in [-0.39, 0.29) is 6.10 Å². The Bertz CT molecular complexity index is 925. The summed E-state index contributed by atoms with van der Waals surface area (Å²) in [7, 11) is 1.43. The van der Waals surface area contributed by atoms with Crippen LogP contribution in [-0.4, -0.2) is 23.2 Å². The lowest BCUT2D eigenvalue weighted by Crippen LogP contribution is -2.06. The van der Waals surface area contributed by atoms with Gasteiger partial charge in [-0.2, -0.15) is 4.89 Å². The molecule has 138 valence electrons. The maximum Gasteiger partial charge on any atom is 0.186 e. The number of rotatable bonds is 6. The minimum absolute atomic E-state index is 0.0182. The van der Waals surface area contributed by atoms with Crippen molar-refractivity contribution in [2.24, 2.45) is 0 Å². The van der Waals surface area contributed by atoms with E-state index < -0.39 is 0 Å². The van der Waals surface area contributed by atoms with E-state index in [1.807, 2.05) is 26.0 Å². The van der Waals surface area contributed by atoms with Crippen molar-refractivity contribution in [1.82, 2.24) is 9.97 Å². The Labute approximate surface area is 161 Å². The van der Waals surface area contributed by atoms with Crippen LogP contribution in [0.15, 0.2) is 23.6 Å². The van der Waals surface area contributed by atoms with Gasteiger partial charge >= 0.3 is 0 Å². The fraction of sp³-hybridized carbons (Fsp3) is 0.368. The molecular weight excluding hydrogens is 372 g/mol. The van der Waals surface area contributed by atoms with Crippen LogP contribution in [0.2, 0.25) is 5.02 Å². The molecule has 0 fully saturated rings. The number of fused-ring (bicyclic) bond motifs is 1. The van der Waals surface area contributed by atoms with Crippen LogP contribution in [0, 0.1) is 0 Å². The molecule has 0 N–H and O–H groups in total. The van der Waals surface area contributed by atoms with E-state index >= 15 is 0 Å². The van der Waals surface area contributed by atoms with E-state index in [9.17, 15) is 0 Å². The minimum atomic E-state index is 0.0182. The normalized spacial score (nSPS) is 11.5. The van der Waals surface area contributed by atoms with Crippen LogP contribution in [0.3, 0.4) is 0 Å². The highest BCUT2D eigenvalue weighted by molar-refractivity contribution is 7.13. The third-order valence-corrected chi connectivity index (χ3v) is 4.96. The zero-order valence-electron chi connectivity index (χ0n) is 15.4. The van der Waals surface area contributed by atoms with Crippen LogP contribution < -0.4 is 9.62 Å². The Morgan fingerprint density at radius 3 is 2.46 bits per heavy atom. The largest absolute Gasteiger partial charge is 0.490 e. The fourth-order valence-electron chi connectivity index (χ4n) is 2.49. The van der Waals surface area contributed by atoms with Gasteiger partial charge in [-0.3, -0.25) is 0 Å². The molecule has 0 bridgehead atoms. The lowest BCUT2D eigenvalue weighted by atomic mass is 10.1. The molecule has 0 atom stereocenters. The molecule has 0 saturated carbocycles. The predicted octanol–water partition coefficient (Wildman–Crippen LogP) is 5.86. The summed E-state index contributed by atoms with van der Waals surface area (Å²) in [6.07, 6.45) is 0.0182. The number of benzene rings is 1. The summed E-state index contributed by atoms with van der Waals surface area (Å²) in [4.78, 5) is 19.3. The molecule has 3 aromatic rings. The first-order valence-corrected chi connectivity index (χ1v) is 9.62. The number of hydrogen-bond donors (Lipinski definition) is 0. The maximum atomic E-state index is 6.50. The summed E-state index contributed by atoms with van der Waals surface area (Å²) in [5.74, 6) is 1.48. The average molecular weight is 393 g/mol.